The van der Waals surface area contributed by atoms with E-state index in [-0.39, 0.29) is 0 Å². The molecule has 6 heteroatoms. The van der Waals surface area contributed by atoms with Crippen LogP contribution in [0.15, 0.2) is 24.3 Å². The van der Waals surface area contributed by atoms with E-state index in [2.05, 4.69) is 10.6 Å². The van der Waals surface area contributed by atoms with Gasteiger partial charge in [0.15, 0.2) is 0 Å². The number of hydrogen-bond acceptors (Lipinski definition) is 3. The molecule has 21 heavy (non-hydrogen) atoms. The molecular weight excluding hydrogens is 272 g/mol. The number of methoxy groups -OCH3 is 1. The Morgan fingerprint density at radius 2 is 1.95 bits per heavy atom. The predicted molar refractivity (Wildman–Crippen MR) is 80.4 cm³/mol. The molecule has 1 aromatic rings. The molecule has 0 saturated carbocycles. The Bertz CT molecular complexity index is 490. The first-order chi connectivity index (χ1) is 9.95. The van der Waals surface area contributed by atoms with Crippen LogP contribution < -0.4 is 10.6 Å². The first-order valence-electron chi connectivity index (χ1n) is 6.83. The smallest absolute Gasteiger partial charge is 0.319 e. The van der Waals surface area contributed by atoms with E-state index in [0.717, 1.165) is 5.56 Å². The lowest BCUT2D eigenvalue weighted by molar-refractivity contribution is -0.141. The molecule has 1 rings (SSSR count). The van der Waals surface area contributed by atoms with Crippen molar-refractivity contribution in [2.45, 2.75) is 26.3 Å². The van der Waals surface area contributed by atoms with E-state index in [1.807, 2.05) is 18.2 Å². The SMILES string of the molecule is COCCc1ccccc1NC(=O)NC(C)C(C)C(=O)O. The van der Waals surface area contributed by atoms with Crippen molar-refractivity contribution in [2.24, 2.45) is 5.92 Å². The van der Waals surface area contributed by atoms with Gasteiger partial charge >= 0.3 is 12.0 Å². The minimum Gasteiger partial charge on any atom is -0.481 e. The van der Waals surface area contributed by atoms with E-state index in [4.69, 9.17) is 9.84 Å². The standard InChI is InChI=1S/C15H22N2O4/c1-10(14(18)19)11(2)16-15(20)17-13-7-5-4-6-12(13)8-9-21-3/h4-7,10-11H,8-9H2,1-3H3,(H,18,19)(H2,16,17,20). The topological polar surface area (TPSA) is 87.7 Å². The maximum Gasteiger partial charge on any atom is 0.319 e. The summed E-state index contributed by atoms with van der Waals surface area (Å²) >= 11 is 0. The van der Waals surface area contributed by atoms with Crippen LogP contribution in [-0.2, 0) is 16.0 Å². The Labute approximate surface area is 124 Å². The number of nitrogens with one attached hydrogen (secondary N) is 2. The number of carboxylic acid groups (broad SMARTS) is 1. The van der Waals surface area contributed by atoms with Crippen molar-refractivity contribution in [3.63, 3.8) is 0 Å². The average molecular weight is 294 g/mol. The Hall–Kier alpha value is -2.08. The molecule has 0 saturated heterocycles. The summed E-state index contributed by atoms with van der Waals surface area (Å²) < 4.78 is 5.03. The number of para-hydroxylation sites is 1. The number of amides is 2. The van der Waals surface area contributed by atoms with Gasteiger partial charge in [0.2, 0.25) is 0 Å². The van der Waals surface area contributed by atoms with Crippen molar-refractivity contribution >= 4 is 17.7 Å². The zero-order valence-electron chi connectivity index (χ0n) is 12.6. The van der Waals surface area contributed by atoms with Crippen LogP contribution in [0.2, 0.25) is 0 Å². The second-order valence-electron chi connectivity index (χ2n) is 4.91. The van der Waals surface area contributed by atoms with Gasteiger partial charge in [-0.3, -0.25) is 4.79 Å². The van der Waals surface area contributed by atoms with Crippen LogP contribution in [0, 0.1) is 5.92 Å². The molecule has 2 unspecified atom stereocenters. The fourth-order valence-electron chi connectivity index (χ4n) is 1.78. The molecular formula is C15H22N2O4. The number of urea groups is 1. The summed E-state index contributed by atoms with van der Waals surface area (Å²) in [4.78, 5) is 22.8. The third-order valence-corrected chi connectivity index (χ3v) is 3.34. The molecule has 0 bridgehead atoms. The second kappa shape index (κ2) is 8.26. The van der Waals surface area contributed by atoms with E-state index in [1.54, 1.807) is 27.0 Å². The van der Waals surface area contributed by atoms with Crippen LogP contribution in [-0.4, -0.2) is 36.9 Å². The largest absolute Gasteiger partial charge is 0.481 e. The minimum atomic E-state index is -0.941. The molecule has 0 aromatic heterocycles. The van der Waals surface area contributed by atoms with Gasteiger partial charge in [0, 0.05) is 18.8 Å². The Morgan fingerprint density at radius 3 is 2.57 bits per heavy atom. The van der Waals surface area contributed by atoms with Gasteiger partial charge in [-0.05, 0) is 31.9 Å². The van der Waals surface area contributed by atoms with E-state index in [0.29, 0.717) is 18.7 Å². The summed E-state index contributed by atoms with van der Waals surface area (Å²) in [7, 11) is 1.62. The fraction of sp³-hybridized carbons (Fsp3) is 0.467. The van der Waals surface area contributed by atoms with Crippen LogP contribution >= 0.6 is 0 Å². The molecule has 116 valence electrons. The summed E-state index contributed by atoms with van der Waals surface area (Å²) in [5, 5.41) is 14.3. The van der Waals surface area contributed by atoms with E-state index >= 15 is 0 Å². The average Bonchev–Trinajstić information content (AvgIpc) is 2.45. The minimum absolute atomic E-state index is 0.416. The molecule has 2 atom stereocenters. The maximum absolute atomic E-state index is 11.9. The third kappa shape index (κ3) is 5.43. The molecule has 0 aliphatic heterocycles. The molecule has 0 aliphatic rings. The third-order valence-electron chi connectivity index (χ3n) is 3.34. The molecule has 0 fully saturated rings. The lowest BCUT2D eigenvalue weighted by atomic mass is 10.0. The first kappa shape index (κ1) is 17.0. The highest BCUT2D eigenvalue weighted by molar-refractivity contribution is 5.90. The summed E-state index contributed by atoms with van der Waals surface area (Å²) in [6.45, 7) is 3.78. The van der Waals surface area contributed by atoms with Crippen LogP contribution in [0.4, 0.5) is 10.5 Å². The van der Waals surface area contributed by atoms with Crippen LogP contribution in [0.25, 0.3) is 0 Å². The summed E-state index contributed by atoms with van der Waals surface area (Å²) in [5.74, 6) is -1.59. The number of carbonyl (C=O) groups is 2. The number of carboxylic acids is 1. The number of anilines is 1. The van der Waals surface area contributed by atoms with Crippen LogP contribution in [0.3, 0.4) is 0 Å². The van der Waals surface area contributed by atoms with Gasteiger partial charge in [-0.25, -0.2) is 4.79 Å². The van der Waals surface area contributed by atoms with Crippen molar-refractivity contribution in [1.82, 2.24) is 5.32 Å². The van der Waals surface area contributed by atoms with Gasteiger partial charge in [-0.2, -0.15) is 0 Å². The second-order valence-corrected chi connectivity index (χ2v) is 4.91. The number of ether oxygens (including phenoxy) is 1. The van der Waals surface area contributed by atoms with Crippen LogP contribution in [0.1, 0.15) is 19.4 Å². The van der Waals surface area contributed by atoms with Gasteiger partial charge in [-0.1, -0.05) is 18.2 Å². The molecule has 0 heterocycles. The number of aliphatic carboxylic acids is 1. The highest BCUT2D eigenvalue weighted by Crippen LogP contribution is 2.15. The molecule has 1 aromatic carbocycles. The molecule has 6 nitrogen and oxygen atoms in total. The lowest BCUT2D eigenvalue weighted by Gasteiger charge is -2.19. The molecule has 0 spiro atoms. The maximum atomic E-state index is 11.9. The normalized spacial score (nSPS) is 13.3. The van der Waals surface area contributed by atoms with Gasteiger partial charge in [0.25, 0.3) is 0 Å². The summed E-state index contributed by atoms with van der Waals surface area (Å²) in [5.41, 5.74) is 1.66. The number of benzene rings is 1. The summed E-state index contributed by atoms with van der Waals surface area (Å²) in [6.07, 6.45) is 0.689. The summed E-state index contributed by atoms with van der Waals surface area (Å²) in [6, 6.07) is 6.56. The predicted octanol–water partition coefficient (Wildman–Crippen LogP) is 2.11. The van der Waals surface area contributed by atoms with Crippen molar-refractivity contribution in [3.05, 3.63) is 29.8 Å². The highest BCUT2D eigenvalue weighted by atomic mass is 16.5. The Morgan fingerprint density at radius 1 is 1.29 bits per heavy atom. The number of hydrogen-bond donors (Lipinski definition) is 3. The zero-order valence-corrected chi connectivity index (χ0v) is 12.6. The molecule has 0 aliphatic carbocycles. The van der Waals surface area contributed by atoms with Crippen LogP contribution in [0.5, 0.6) is 0 Å². The van der Waals surface area contributed by atoms with Gasteiger partial charge in [-0.15, -0.1) is 0 Å². The quantitative estimate of drug-likeness (QED) is 0.718. The zero-order chi connectivity index (χ0) is 15.8. The molecule has 2 amide bonds. The van der Waals surface area contributed by atoms with E-state index in [1.165, 1.54) is 0 Å². The van der Waals surface area contributed by atoms with Crippen molar-refractivity contribution in [2.75, 3.05) is 19.0 Å². The van der Waals surface area contributed by atoms with Gasteiger partial charge < -0.3 is 20.5 Å². The van der Waals surface area contributed by atoms with Gasteiger partial charge in [0.1, 0.15) is 0 Å². The Kier molecular flexibility index (Phi) is 6.68. The highest BCUT2D eigenvalue weighted by Gasteiger charge is 2.21. The number of carbonyl (C=O) groups excluding carboxylic acids is 1. The van der Waals surface area contributed by atoms with Crippen molar-refractivity contribution in [1.29, 1.82) is 0 Å². The monoisotopic (exact) mass is 294 g/mol. The first-order valence-corrected chi connectivity index (χ1v) is 6.83. The molecule has 0 radical (unpaired) electrons. The number of rotatable bonds is 7. The lowest BCUT2D eigenvalue weighted by Crippen LogP contribution is -2.42. The molecule has 3 N–H and O–H groups in total. The van der Waals surface area contributed by atoms with Crippen molar-refractivity contribution < 1.29 is 19.4 Å². The fourth-order valence-corrected chi connectivity index (χ4v) is 1.78. The Balaban J connectivity index is 2.64. The van der Waals surface area contributed by atoms with E-state index in [9.17, 15) is 9.59 Å². The van der Waals surface area contributed by atoms with Crippen molar-refractivity contribution in [3.8, 4) is 0 Å². The van der Waals surface area contributed by atoms with Gasteiger partial charge in [0.05, 0.1) is 12.5 Å². The van der Waals surface area contributed by atoms with E-state index < -0.39 is 24.0 Å².